The lowest BCUT2D eigenvalue weighted by atomic mass is 9.75. The Morgan fingerprint density at radius 2 is 1.96 bits per heavy atom. The van der Waals surface area contributed by atoms with Gasteiger partial charge in [0.05, 0.1) is 13.2 Å². The topological polar surface area (TPSA) is 54.6 Å². The third-order valence-electron chi connectivity index (χ3n) is 6.31. The van der Waals surface area contributed by atoms with Crippen molar-refractivity contribution in [2.45, 2.75) is 37.8 Å². The molecule has 0 amide bonds. The summed E-state index contributed by atoms with van der Waals surface area (Å²) in [5.74, 6) is 3.49. The van der Waals surface area contributed by atoms with Crippen LogP contribution in [0.3, 0.4) is 0 Å². The normalized spacial score (nSPS) is 33.5. The largest absolute Gasteiger partial charge is 0.496 e. The summed E-state index contributed by atoms with van der Waals surface area (Å²) in [7, 11) is 1.76. The van der Waals surface area contributed by atoms with Crippen LogP contribution in [-0.2, 0) is 0 Å². The second-order valence-electron chi connectivity index (χ2n) is 7.47. The zero-order chi connectivity index (χ0) is 17.0. The number of ether oxygens (including phenoxy) is 1. The number of benzene rings is 1. The van der Waals surface area contributed by atoms with Crippen molar-refractivity contribution in [3.8, 4) is 5.75 Å². The van der Waals surface area contributed by atoms with Crippen LogP contribution in [0.25, 0.3) is 0 Å². The summed E-state index contributed by atoms with van der Waals surface area (Å²) in [5, 5.41) is 4.23. The highest BCUT2D eigenvalue weighted by Crippen LogP contribution is 2.48. The second-order valence-corrected chi connectivity index (χ2v) is 7.47. The Hall–Kier alpha value is -2.08. The van der Waals surface area contributed by atoms with Crippen LogP contribution < -0.4 is 9.64 Å². The minimum atomic E-state index is 0.406. The van der Waals surface area contributed by atoms with Crippen LogP contribution >= 0.6 is 0 Å². The average Bonchev–Trinajstić information content (AvgIpc) is 3.27. The number of para-hydroxylation sites is 1. The van der Waals surface area contributed by atoms with Gasteiger partial charge in [-0.3, -0.25) is 4.90 Å². The number of rotatable bonds is 3. The van der Waals surface area contributed by atoms with Crippen LogP contribution in [0, 0.1) is 12.8 Å². The molecule has 1 aromatic carbocycles. The van der Waals surface area contributed by atoms with E-state index in [2.05, 4.69) is 38.1 Å². The summed E-state index contributed by atoms with van der Waals surface area (Å²) in [4.78, 5) is 9.61. The highest BCUT2D eigenvalue weighted by Gasteiger charge is 2.54. The lowest BCUT2D eigenvalue weighted by molar-refractivity contribution is 0.0350. The Balaban J connectivity index is 1.58. The molecule has 0 saturated carbocycles. The Morgan fingerprint density at radius 3 is 2.68 bits per heavy atom. The Morgan fingerprint density at radius 1 is 1.16 bits per heavy atom. The van der Waals surface area contributed by atoms with E-state index >= 15 is 0 Å². The first-order valence-corrected chi connectivity index (χ1v) is 9.20. The summed E-state index contributed by atoms with van der Waals surface area (Å²) in [6.45, 7) is 5.19. The lowest BCUT2D eigenvalue weighted by Gasteiger charge is -2.51. The van der Waals surface area contributed by atoms with Crippen LogP contribution in [0.2, 0.25) is 0 Å². The molecule has 6 rings (SSSR count). The van der Waals surface area contributed by atoms with Crippen LogP contribution in [-0.4, -0.2) is 53.9 Å². The fourth-order valence-electron chi connectivity index (χ4n) is 5.30. The fraction of sp³-hybridized carbons (Fsp3) is 0.579. The number of nitrogens with zero attached hydrogens (tertiary/aromatic N) is 4. The van der Waals surface area contributed by atoms with E-state index in [0.29, 0.717) is 29.8 Å². The van der Waals surface area contributed by atoms with Crippen LogP contribution in [0.1, 0.15) is 30.2 Å². The Kier molecular flexibility index (Phi) is 3.48. The van der Waals surface area contributed by atoms with Crippen molar-refractivity contribution in [3.63, 3.8) is 0 Å². The maximum atomic E-state index is 5.68. The number of anilines is 1. The standard InChI is InChI=1S/C19H24N4O2/c1-12-20-19(21-25-12)23-11-15(14-5-3-4-6-16(14)24-2)18-17(23)13-7-9-22(18)10-8-13/h3-6,13,15,17-18H,7-11H2,1-2H3/t15-,17+,18+/m0/s1. The molecule has 0 radical (unpaired) electrons. The molecule has 0 spiro atoms. The summed E-state index contributed by atoms with van der Waals surface area (Å²) in [6.07, 6.45) is 2.54. The molecule has 6 nitrogen and oxygen atoms in total. The van der Waals surface area contributed by atoms with Crippen LogP contribution in [0.4, 0.5) is 5.95 Å². The van der Waals surface area contributed by atoms with E-state index in [1.54, 1.807) is 7.11 Å². The zero-order valence-corrected chi connectivity index (χ0v) is 14.8. The first-order valence-electron chi connectivity index (χ1n) is 9.20. The lowest BCUT2D eigenvalue weighted by Crippen LogP contribution is -2.60. The number of hydrogen-bond donors (Lipinski definition) is 0. The van der Waals surface area contributed by atoms with Crippen LogP contribution in [0.5, 0.6) is 5.75 Å². The van der Waals surface area contributed by atoms with Crippen molar-refractivity contribution < 1.29 is 9.26 Å². The van der Waals surface area contributed by atoms with Crippen molar-refractivity contribution >= 4 is 5.95 Å². The molecule has 0 aliphatic carbocycles. The van der Waals surface area contributed by atoms with Crippen molar-refractivity contribution in [2.75, 3.05) is 31.6 Å². The van der Waals surface area contributed by atoms with Gasteiger partial charge in [0.1, 0.15) is 5.75 Å². The van der Waals surface area contributed by atoms with Gasteiger partial charge in [-0.05, 0) is 43.1 Å². The summed E-state index contributed by atoms with van der Waals surface area (Å²) in [5.41, 5.74) is 1.30. The van der Waals surface area contributed by atoms with E-state index in [1.807, 2.05) is 13.0 Å². The molecular weight excluding hydrogens is 316 g/mol. The molecule has 6 heteroatoms. The quantitative estimate of drug-likeness (QED) is 0.855. The van der Waals surface area contributed by atoms with Crippen LogP contribution in [0.15, 0.2) is 28.8 Å². The molecule has 1 aromatic heterocycles. The number of piperidine rings is 3. The zero-order valence-electron chi connectivity index (χ0n) is 14.8. The van der Waals surface area contributed by atoms with Crippen molar-refractivity contribution in [3.05, 3.63) is 35.7 Å². The smallest absolute Gasteiger partial charge is 0.266 e. The molecule has 4 saturated heterocycles. The molecule has 3 atom stereocenters. The predicted molar refractivity (Wildman–Crippen MR) is 94.0 cm³/mol. The molecule has 4 aliphatic heterocycles. The monoisotopic (exact) mass is 340 g/mol. The minimum absolute atomic E-state index is 0.406. The van der Waals surface area contributed by atoms with E-state index in [0.717, 1.165) is 18.2 Å². The van der Waals surface area contributed by atoms with Gasteiger partial charge in [0.25, 0.3) is 5.95 Å². The number of aryl methyl sites for hydroxylation is 1. The number of aromatic nitrogens is 2. The van der Waals surface area contributed by atoms with Gasteiger partial charge in [0.15, 0.2) is 0 Å². The molecule has 2 bridgehead atoms. The van der Waals surface area contributed by atoms with Crippen molar-refractivity contribution in [2.24, 2.45) is 5.92 Å². The number of methoxy groups -OCH3 is 1. The average molecular weight is 340 g/mol. The highest BCUT2D eigenvalue weighted by atomic mass is 16.5. The third-order valence-corrected chi connectivity index (χ3v) is 6.31. The van der Waals surface area contributed by atoms with Gasteiger partial charge in [-0.2, -0.15) is 4.98 Å². The number of hydrogen-bond acceptors (Lipinski definition) is 6. The van der Waals surface area contributed by atoms with Gasteiger partial charge < -0.3 is 14.2 Å². The molecule has 5 heterocycles. The number of fused-ring (bicyclic) bond motifs is 2. The van der Waals surface area contributed by atoms with Gasteiger partial charge >= 0.3 is 0 Å². The van der Waals surface area contributed by atoms with E-state index in [1.165, 1.54) is 31.5 Å². The minimum Gasteiger partial charge on any atom is -0.496 e. The molecule has 2 aromatic rings. The Bertz CT molecular complexity index is 768. The van der Waals surface area contributed by atoms with Crippen molar-refractivity contribution in [1.82, 2.24) is 15.0 Å². The summed E-state index contributed by atoms with van der Waals surface area (Å²) in [6, 6.07) is 9.42. The SMILES string of the molecule is COc1ccccc1[C@@H]1CN(c2noc(C)n2)[C@@H]2C3CCN(CC3)[C@@H]21. The van der Waals surface area contributed by atoms with Gasteiger partial charge in [0, 0.05) is 31.0 Å². The second kappa shape index (κ2) is 5.73. The molecular formula is C19H24N4O2. The molecule has 0 N–H and O–H groups in total. The first-order chi connectivity index (χ1) is 12.3. The first kappa shape index (κ1) is 15.2. The fourth-order valence-corrected chi connectivity index (χ4v) is 5.30. The van der Waals surface area contributed by atoms with Gasteiger partial charge in [-0.15, -0.1) is 0 Å². The molecule has 4 fully saturated rings. The van der Waals surface area contributed by atoms with Gasteiger partial charge in [-0.1, -0.05) is 18.2 Å². The molecule has 25 heavy (non-hydrogen) atoms. The molecule has 132 valence electrons. The molecule has 4 aliphatic rings. The maximum absolute atomic E-state index is 5.68. The highest BCUT2D eigenvalue weighted by molar-refractivity contribution is 5.46. The summed E-state index contributed by atoms with van der Waals surface area (Å²) < 4.78 is 11.0. The van der Waals surface area contributed by atoms with E-state index < -0.39 is 0 Å². The van der Waals surface area contributed by atoms with E-state index in [-0.39, 0.29) is 0 Å². The summed E-state index contributed by atoms with van der Waals surface area (Å²) >= 11 is 0. The van der Waals surface area contributed by atoms with Gasteiger partial charge in [0.2, 0.25) is 5.89 Å². The van der Waals surface area contributed by atoms with Gasteiger partial charge in [-0.25, -0.2) is 0 Å². The maximum Gasteiger partial charge on any atom is 0.266 e. The Labute approximate surface area is 147 Å². The van der Waals surface area contributed by atoms with E-state index in [9.17, 15) is 0 Å². The van der Waals surface area contributed by atoms with Crippen molar-refractivity contribution in [1.29, 1.82) is 0 Å². The third kappa shape index (κ3) is 2.27. The molecule has 0 unspecified atom stereocenters. The predicted octanol–water partition coefficient (Wildman–Crippen LogP) is 2.45. The van der Waals surface area contributed by atoms with E-state index in [4.69, 9.17) is 9.26 Å².